The van der Waals surface area contributed by atoms with E-state index in [1.165, 1.54) is 24.4 Å². The number of carbonyl (C=O) groups excluding carboxylic acids is 1. The number of esters is 1. The van der Waals surface area contributed by atoms with Crippen LogP contribution in [0.1, 0.15) is 22.9 Å². The zero-order valence-electron chi connectivity index (χ0n) is 16.6. The van der Waals surface area contributed by atoms with Gasteiger partial charge in [-0.25, -0.2) is 0 Å². The van der Waals surface area contributed by atoms with Gasteiger partial charge >= 0.3 is 5.97 Å². The molecule has 1 N–H and O–H groups in total. The van der Waals surface area contributed by atoms with Crippen LogP contribution in [-0.2, 0) is 16.0 Å². The minimum atomic E-state index is -0.290. The summed E-state index contributed by atoms with van der Waals surface area (Å²) >= 11 is 13.3. The molecule has 1 aliphatic rings. The number of aromatic amines is 1. The van der Waals surface area contributed by atoms with Gasteiger partial charge in [-0.1, -0.05) is 47.7 Å². The summed E-state index contributed by atoms with van der Waals surface area (Å²) in [7, 11) is 3.04. The molecule has 2 heterocycles. The van der Waals surface area contributed by atoms with Crippen molar-refractivity contribution in [1.29, 1.82) is 0 Å². The molecule has 5 nitrogen and oxygen atoms in total. The standard InChI is InChI=1S/C22H21ClN2O3S2/c1-27-15-6-3-13(4-7-15)21-20-16(17-11-14(23)5-8-18(17)24-20)9-10-25(21)22(29)30-12-19(26)28-2/h3-8,11,21,24H,9-10,12H2,1-2H3. The maximum Gasteiger partial charge on any atom is 0.316 e. The summed E-state index contributed by atoms with van der Waals surface area (Å²) in [5.41, 5.74) is 4.50. The second kappa shape index (κ2) is 8.88. The van der Waals surface area contributed by atoms with Crippen molar-refractivity contribution in [2.75, 3.05) is 26.5 Å². The number of rotatable bonds is 4. The van der Waals surface area contributed by atoms with E-state index in [2.05, 4.69) is 22.0 Å². The van der Waals surface area contributed by atoms with E-state index in [1.807, 2.05) is 30.3 Å². The van der Waals surface area contributed by atoms with Crippen LogP contribution in [-0.4, -0.2) is 46.7 Å². The first-order chi connectivity index (χ1) is 14.5. The van der Waals surface area contributed by atoms with E-state index < -0.39 is 0 Å². The lowest BCUT2D eigenvalue weighted by Gasteiger charge is -2.37. The Labute approximate surface area is 189 Å². The number of thioether (sulfide) groups is 1. The van der Waals surface area contributed by atoms with E-state index in [0.29, 0.717) is 4.32 Å². The third-order valence-corrected chi connectivity index (χ3v) is 6.98. The minimum absolute atomic E-state index is 0.0940. The first kappa shape index (κ1) is 21.0. The maximum absolute atomic E-state index is 11.6. The predicted octanol–water partition coefficient (Wildman–Crippen LogP) is 4.97. The van der Waals surface area contributed by atoms with Gasteiger partial charge in [0.15, 0.2) is 0 Å². The number of hydrogen-bond donors (Lipinski definition) is 1. The molecule has 4 rings (SSSR count). The second-order valence-electron chi connectivity index (χ2n) is 6.96. The molecule has 156 valence electrons. The van der Waals surface area contributed by atoms with Crippen LogP contribution in [0.5, 0.6) is 5.75 Å². The van der Waals surface area contributed by atoms with Gasteiger partial charge < -0.3 is 19.4 Å². The predicted molar refractivity (Wildman–Crippen MR) is 126 cm³/mol. The highest BCUT2D eigenvalue weighted by molar-refractivity contribution is 8.23. The normalized spacial score (nSPS) is 15.7. The summed E-state index contributed by atoms with van der Waals surface area (Å²) in [5.74, 6) is 0.699. The third-order valence-electron chi connectivity index (χ3n) is 5.30. The first-order valence-electron chi connectivity index (χ1n) is 9.46. The number of nitrogens with zero attached hydrogens (tertiary/aromatic N) is 1. The molecule has 3 aromatic rings. The zero-order chi connectivity index (χ0) is 21.3. The van der Waals surface area contributed by atoms with Crippen LogP contribution in [0.3, 0.4) is 0 Å². The number of halogens is 1. The molecule has 1 aromatic heterocycles. The fourth-order valence-corrected chi connectivity index (χ4v) is 5.12. The second-order valence-corrected chi connectivity index (χ2v) is 9.00. The summed E-state index contributed by atoms with van der Waals surface area (Å²) in [6.07, 6.45) is 0.835. The van der Waals surface area contributed by atoms with E-state index in [0.717, 1.165) is 45.9 Å². The quantitative estimate of drug-likeness (QED) is 0.438. The number of thiocarbonyl (C=S) groups is 1. The van der Waals surface area contributed by atoms with Gasteiger partial charge in [0.1, 0.15) is 10.1 Å². The largest absolute Gasteiger partial charge is 0.497 e. The van der Waals surface area contributed by atoms with E-state index in [9.17, 15) is 4.79 Å². The Morgan fingerprint density at radius 3 is 2.73 bits per heavy atom. The summed E-state index contributed by atoms with van der Waals surface area (Å²) in [6.45, 7) is 0.746. The number of benzene rings is 2. The SMILES string of the molecule is COC(=O)CSC(=S)N1CCc2c([nH]c3ccc(Cl)cc23)C1c1ccc(OC)cc1. The molecular weight excluding hydrogens is 440 g/mol. The van der Waals surface area contributed by atoms with Crippen LogP contribution >= 0.6 is 35.6 Å². The van der Waals surface area contributed by atoms with Crippen molar-refractivity contribution >= 4 is 56.8 Å². The number of fused-ring (bicyclic) bond motifs is 3. The average molecular weight is 461 g/mol. The molecule has 0 amide bonds. The average Bonchev–Trinajstić information content (AvgIpc) is 3.14. The molecule has 1 aliphatic heterocycles. The van der Waals surface area contributed by atoms with Crippen LogP contribution < -0.4 is 4.74 Å². The van der Waals surface area contributed by atoms with Gasteiger partial charge in [-0.3, -0.25) is 4.79 Å². The smallest absolute Gasteiger partial charge is 0.316 e. The van der Waals surface area contributed by atoms with E-state index in [-0.39, 0.29) is 17.8 Å². The van der Waals surface area contributed by atoms with Gasteiger partial charge in [-0.05, 0) is 47.9 Å². The first-order valence-corrected chi connectivity index (χ1v) is 11.2. The fraction of sp³-hybridized carbons (Fsp3) is 0.273. The minimum Gasteiger partial charge on any atom is -0.497 e. The molecule has 2 aromatic carbocycles. The van der Waals surface area contributed by atoms with Crippen molar-refractivity contribution < 1.29 is 14.3 Å². The molecule has 8 heteroatoms. The van der Waals surface area contributed by atoms with E-state index in [1.54, 1.807) is 7.11 Å². The Morgan fingerprint density at radius 1 is 1.27 bits per heavy atom. The third kappa shape index (κ3) is 4.02. The Bertz CT molecular complexity index is 1100. The number of carbonyl (C=O) groups is 1. The highest BCUT2D eigenvalue weighted by Gasteiger charge is 2.33. The summed E-state index contributed by atoms with van der Waals surface area (Å²) < 4.78 is 10.8. The Morgan fingerprint density at radius 2 is 2.03 bits per heavy atom. The van der Waals surface area contributed by atoms with Crippen LogP contribution in [0.15, 0.2) is 42.5 Å². The molecule has 0 radical (unpaired) electrons. The number of hydrogen-bond acceptors (Lipinski definition) is 5. The molecular formula is C22H21ClN2O3S2. The molecule has 1 atom stereocenters. The zero-order valence-corrected chi connectivity index (χ0v) is 19.0. The van der Waals surface area contributed by atoms with Gasteiger partial charge in [0.25, 0.3) is 0 Å². The van der Waals surface area contributed by atoms with Gasteiger partial charge in [0, 0.05) is 28.2 Å². The van der Waals surface area contributed by atoms with Gasteiger partial charge in [-0.15, -0.1) is 0 Å². The van der Waals surface area contributed by atoms with Crippen LogP contribution in [0.2, 0.25) is 5.02 Å². The summed E-state index contributed by atoms with van der Waals surface area (Å²) in [5, 5.41) is 1.86. The van der Waals surface area contributed by atoms with Crippen molar-refractivity contribution in [2.45, 2.75) is 12.5 Å². The van der Waals surface area contributed by atoms with E-state index in [4.69, 9.17) is 33.3 Å². The lowest BCUT2D eigenvalue weighted by molar-refractivity contribution is -0.137. The number of ether oxygens (including phenoxy) is 2. The Kier molecular flexibility index (Phi) is 6.22. The number of H-pyrrole nitrogens is 1. The van der Waals surface area contributed by atoms with Crippen molar-refractivity contribution in [3.05, 3.63) is 64.3 Å². The molecule has 0 saturated heterocycles. The number of methoxy groups -OCH3 is 2. The molecule has 0 saturated carbocycles. The van der Waals surface area contributed by atoms with Gasteiger partial charge in [0.2, 0.25) is 0 Å². The Balaban J connectivity index is 1.76. The summed E-state index contributed by atoms with van der Waals surface area (Å²) in [4.78, 5) is 17.4. The number of aromatic nitrogens is 1. The molecule has 0 aliphatic carbocycles. The lowest BCUT2D eigenvalue weighted by atomic mass is 9.93. The van der Waals surface area contributed by atoms with Crippen LogP contribution in [0, 0.1) is 0 Å². The molecule has 1 unspecified atom stereocenters. The monoisotopic (exact) mass is 460 g/mol. The summed E-state index contributed by atoms with van der Waals surface area (Å²) in [6, 6.07) is 13.8. The van der Waals surface area contributed by atoms with E-state index >= 15 is 0 Å². The van der Waals surface area contributed by atoms with Crippen molar-refractivity contribution in [3.63, 3.8) is 0 Å². The molecule has 0 spiro atoms. The van der Waals surface area contributed by atoms with Crippen molar-refractivity contribution in [2.24, 2.45) is 0 Å². The Hall–Kier alpha value is -2.22. The molecule has 0 bridgehead atoms. The van der Waals surface area contributed by atoms with Crippen molar-refractivity contribution in [3.8, 4) is 5.75 Å². The van der Waals surface area contributed by atoms with Gasteiger partial charge in [0.05, 0.1) is 26.0 Å². The maximum atomic E-state index is 11.6. The van der Waals surface area contributed by atoms with Crippen molar-refractivity contribution in [1.82, 2.24) is 9.88 Å². The molecule has 30 heavy (non-hydrogen) atoms. The highest BCUT2D eigenvalue weighted by Crippen LogP contribution is 2.40. The highest BCUT2D eigenvalue weighted by atomic mass is 35.5. The van der Waals surface area contributed by atoms with Crippen LogP contribution in [0.4, 0.5) is 0 Å². The van der Waals surface area contributed by atoms with Crippen LogP contribution in [0.25, 0.3) is 10.9 Å². The molecule has 0 fully saturated rings. The van der Waals surface area contributed by atoms with Gasteiger partial charge in [-0.2, -0.15) is 0 Å². The topological polar surface area (TPSA) is 54.6 Å². The lowest BCUT2D eigenvalue weighted by Crippen LogP contribution is -2.38. The number of nitrogens with one attached hydrogen (secondary N) is 1. The fourth-order valence-electron chi connectivity index (χ4n) is 3.85.